The van der Waals surface area contributed by atoms with E-state index in [2.05, 4.69) is 15.3 Å². The van der Waals surface area contributed by atoms with Crippen LogP contribution < -0.4 is 10.1 Å². The van der Waals surface area contributed by atoms with Crippen molar-refractivity contribution in [2.24, 2.45) is 0 Å². The van der Waals surface area contributed by atoms with Crippen LogP contribution in [0.4, 0.5) is 0 Å². The van der Waals surface area contributed by atoms with E-state index in [1.165, 1.54) is 0 Å². The molecule has 1 atom stereocenters. The van der Waals surface area contributed by atoms with Gasteiger partial charge in [0, 0.05) is 31.0 Å². The molecule has 0 fully saturated rings. The van der Waals surface area contributed by atoms with Crippen LogP contribution >= 0.6 is 11.6 Å². The number of alkyl halides is 1. The van der Waals surface area contributed by atoms with E-state index in [0.717, 1.165) is 24.2 Å². The van der Waals surface area contributed by atoms with Gasteiger partial charge in [0.2, 0.25) is 0 Å². The Bertz CT molecular complexity index is 363. The third-order valence-corrected chi connectivity index (χ3v) is 2.50. The maximum absolute atomic E-state index is 6.02. The molecule has 4 nitrogen and oxygen atoms in total. The first-order valence-electron chi connectivity index (χ1n) is 4.71. The summed E-state index contributed by atoms with van der Waals surface area (Å²) in [6.07, 6.45) is 5.52. The second-order valence-corrected chi connectivity index (χ2v) is 3.86. The highest BCUT2D eigenvalue weighted by atomic mass is 35.5. The number of hydrogen-bond donors (Lipinski definition) is 1. The van der Waals surface area contributed by atoms with Crippen molar-refractivity contribution >= 4 is 17.2 Å². The second-order valence-electron chi connectivity index (χ2n) is 3.30. The van der Waals surface area contributed by atoms with Crippen molar-refractivity contribution in [2.45, 2.75) is 5.38 Å². The van der Waals surface area contributed by atoms with Crippen molar-refractivity contribution in [3.63, 3.8) is 0 Å². The Morgan fingerprint density at radius 3 is 2.80 bits per heavy atom. The molecule has 1 aromatic heterocycles. The third-order valence-electron chi connectivity index (χ3n) is 2.22. The number of ether oxygens (including phenoxy) is 1. The number of nitrogens with one attached hydrogen (secondary N) is 1. The van der Waals surface area contributed by atoms with Gasteiger partial charge in [-0.1, -0.05) is 6.08 Å². The summed E-state index contributed by atoms with van der Waals surface area (Å²) in [7, 11) is 1.55. The molecular weight excluding hydrogens is 214 g/mol. The predicted molar refractivity (Wildman–Crippen MR) is 59.1 cm³/mol. The van der Waals surface area contributed by atoms with E-state index in [1.807, 2.05) is 6.08 Å². The minimum atomic E-state index is 0.0378. The van der Waals surface area contributed by atoms with Crippen molar-refractivity contribution in [3.05, 3.63) is 24.0 Å². The zero-order valence-electron chi connectivity index (χ0n) is 8.40. The molecule has 0 aliphatic carbocycles. The highest BCUT2D eigenvalue weighted by molar-refractivity contribution is 6.22. The molecule has 5 heteroatoms. The standard InChI is InChI=1S/C10H12ClN3O/c1-15-10-13-4-8(5-14-10)7-2-9(11)6-12-3-7/h2,4-5,9,12H,3,6H2,1H3. The molecular formula is C10H12ClN3O. The van der Waals surface area contributed by atoms with Crippen molar-refractivity contribution < 1.29 is 4.74 Å². The van der Waals surface area contributed by atoms with E-state index in [-0.39, 0.29) is 5.38 Å². The fourth-order valence-corrected chi connectivity index (χ4v) is 1.73. The molecule has 80 valence electrons. The SMILES string of the molecule is COc1ncc(C2=CC(Cl)CNC2)cn1. The Labute approximate surface area is 93.3 Å². The van der Waals surface area contributed by atoms with Crippen LogP contribution in [0.1, 0.15) is 5.56 Å². The molecule has 1 N–H and O–H groups in total. The number of halogens is 1. The lowest BCUT2D eigenvalue weighted by Crippen LogP contribution is -2.29. The molecule has 0 bridgehead atoms. The number of nitrogens with zero attached hydrogens (tertiary/aromatic N) is 2. The fourth-order valence-electron chi connectivity index (χ4n) is 1.47. The summed E-state index contributed by atoms with van der Waals surface area (Å²) in [4.78, 5) is 8.10. The Morgan fingerprint density at radius 1 is 1.47 bits per heavy atom. The molecule has 0 amide bonds. The summed E-state index contributed by atoms with van der Waals surface area (Å²) in [6.45, 7) is 1.61. The molecule has 1 aliphatic heterocycles. The fraction of sp³-hybridized carbons (Fsp3) is 0.400. The van der Waals surface area contributed by atoms with Crippen LogP contribution in [-0.4, -0.2) is 35.5 Å². The second kappa shape index (κ2) is 4.59. The maximum Gasteiger partial charge on any atom is 0.316 e. The lowest BCUT2D eigenvalue weighted by atomic mass is 10.1. The Kier molecular flexibility index (Phi) is 3.18. The highest BCUT2D eigenvalue weighted by Gasteiger charge is 2.12. The van der Waals surface area contributed by atoms with Gasteiger partial charge in [0.25, 0.3) is 0 Å². The molecule has 0 spiro atoms. The van der Waals surface area contributed by atoms with Crippen LogP contribution in [0.2, 0.25) is 0 Å². The molecule has 0 radical (unpaired) electrons. The minimum Gasteiger partial charge on any atom is -0.467 e. The van der Waals surface area contributed by atoms with E-state index in [4.69, 9.17) is 16.3 Å². The molecule has 2 rings (SSSR count). The predicted octanol–water partition coefficient (Wildman–Crippen LogP) is 1.08. The summed E-state index contributed by atoms with van der Waals surface area (Å²) in [5.41, 5.74) is 2.11. The average molecular weight is 226 g/mol. The van der Waals surface area contributed by atoms with Crippen LogP contribution in [0, 0.1) is 0 Å². The highest BCUT2D eigenvalue weighted by Crippen LogP contribution is 2.18. The van der Waals surface area contributed by atoms with Gasteiger partial charge in [0.1, 0.15) is 0 Å². The van der Waals surface area contributed by atoms with Gasteiger partial charge < -0.3 is 10.1 Å². The monoisotopic (exact) mass is 225 g/mol. The minimum absolute atomic E-state index is 0.0378. The van der Waals surface area contributed by atoms with E-state index in [0.29, 0.717) is 6.01 Å². The van der Waals surface area contributed by atoms with Gasteiger partial charge in [-0.25, -0.2) is 9.97 Å². The first-order valence-corrected chi connectivity index (χ1v) is 5.15. The lowest BCUT2D eigenvalue weighted by Gasteiger charge is -2.17. The Balaban J connectivity index is 2.21. The quantitative estimate of drug-likeness (QED) is 0.766. The molecule has 15 heavy (non-hydrogen) atoms. The molecule has 0 aromatic carbocycles. The van der Waals surface area contributed by atoms with Crippen molar-refractivity contribution in [1.82, 2.24) is 15.3 Å². The first kappa shape index (κ1) is 10.4. The molecule has 2 heterocycles. The van der Waals surface area contributed by atoms with Crippen molar-refractivity contribution in [1.29, 1.82) is 0 Å². The number of hydrogen-bond acceptors (Lipinski definition) is 4. The van der Waals surface area contributed by atoms with Gasteiger partial charge in [-0.3, -0.25) is 0 Å². The molecule has 0 saturated heterocycles. The number of methoxy groups -OCH3 is 1. The Hall–Kier alpha value is -1.13. The number of rotatable bonds is 2. The summed E-state index contributed by atoms with van der Waals surface area (Å²) in [5, 5.41) is 3.26. The van der Waals surface area contributed by atoms with Gasteiger partial charge in [-0.15, -0.1) is 11.6 Å². The van der Waals surface area contributed by atoms with Crippen LogP contribution in [0.5, 0.6) is 6.01 Å². The maximum atomic E-state index is 6.02. The van der Waals surface area contributed by atoms with E-state index < -0.39 is 0 Å². The molecule has 1 aliphatic rings. The normalized spacial score (nSPS) is 20.9. The molecule has 1 unspecified atom stereocenters. The van der Waals surface area contributed by atoms with Gasteiger partial charge >= 0.3 is 6.01 Å². The summed E-state index contributed by atoms with van der Waals surface area (Å²) in [6, 6.07) is 0.380. The smallest absolute Gasteiger partial charge is 0.316 e. The van der Waals surface area contributed by atoms with Crippen LogP contribution in [0.15, 0.2) is 18.5 Å². The van der Waals surface area contributed by atoms with Crippen LogP contribution in [-0.2, 0) is 0 Å². The summed E-state index contributed by atoms with van der Waals surface area (Å²) in [5.74, 6) is 0. The summed E-state index contributed by atoms with van der Waals surface area (Å²) < 4.78 is 4.89. The zero-order chi connectivity index (χ0) is 10.7. The number of aromatic nitrogens is 2. The molecule has 1 aromatic rings. The summed E-state index contributed by atoms with van der Waals surface area (Å²) >= 11 is 6.02. The van der Waals surface area contributed by atoms with Gasteiger partial charge in [-0.05, 0) is 5.57 Å². The van der Waals surface area contributed by atoms with Crippen molar-refractivity contribution in [3.8, 4) is 6.01 Å². The van der Waals surface area contributed by atoms with E-state index >= 15 is 0 Å². The van der Waals surface area contributed by atoms with Gasteiger partial charge in [0.15, 0.2) is 0 Å². The Morgan fingerprint density at radius 2 is 2.20 bits per heavy atom. The van der Waals surface area contributed by atoms with Crippen molar-refractivity contribution in [2.75, 3.05) is 20.2 Å². The topological polar surface area (TPSA) is 47.0 Å². The third kappa shape index (κ3) is 2.46. The zero-order valence-corrected chi connectivity index (χ0v) is 9.16. The van der Waals surface area contributed by atoms with Gasteiger partial charge in [-0.2, -0.15) is 0 Å². The average Bonchev–Trinajstić information content (AvgIpc) is 2.29. The van der Waals surface area contributed by atoms with E-state index in [1.54, 1.807) is 19.5 Å². The van der Waals surface area contributed by atoms with E-state index in [9.17, 15) is 0 Å². The van der Waals surface area contributed by atoms with Gasteiger partial charge in [0.05, 0.1) is 12.5 Å². The molecule has 0 saturated carbocycles. The first-order chi connectivity index (χ1) is 7.29. The van der Waals surface area contributed by atoms with Crippen LogP contribution in [0.3, 0.4) is 0 Å². The largest absolute Gasteiger partial charge is 0.467 e. The lowest BCUT2D eigenvalue weighted by molar-refractivity contribution is 0.379. The van der Waals surface area contributed by atoms with Crippen LogP contribution in [0.25, 0.3) is 5.57 Å².